The number of carboxylic acids is 1. The van der Waals surface area contributed by atoms with Crippen LogP contribution in [-0.2, 0) is 18.5 Å². The molecule has 29 nitrogen and oxygen atoms in total. The van der Waals surface area contributed by atoms with E-state index in [1.165, 1.54) is 113 Å². The molecule has 0 spiro atoms. The van der Waals surface area contributed by atoms with Crippen molar-refractivity contribution in [2.45, 2.75) is 25.5 Å². The van der Waals surface area contributed by atoms with Crippen LogP contribution in [0.4, 0.5) is 73.1 Å². The normalized spacial score (nSPS) is 14.1. The van der Waals surface area contributed by atoms with E-state index in [-0.39, 0.29) is 111 Å². The maximum Gasteiger partial charge on any atom is 0.417 e. The number of aromatic carboxylic acids is 1. The average molecular weight is 1420 g/mol. The first-order chi connectivity index (χ1) is 48.7. The monoisotopic (exact) mass is 1420 g/mol. The van der Waals surface area contributed by atoms with Crippen LogP contribution in [0.1, 0.15) is 84.9 Å². The van der Waals surface area contributed by atoms with Crippen LogP contribution in [0.5, 0.6) is 0 Å². The molecule has 5 N–H and O–H groups in total. The summed E-state index contributed by atoms with van der Waals surface area (Å²) in [6, 6.07) is 19.5. The highest BCUT2D eigenvalue weighted by atomic mass is 19.4. The summed E-state index contributed by atoms with van der Waals surface area (Å²) < 4.78 is 121. The molecule has 3 aliphatic heterocycles. The van der Waals surface area contributed by atoms with Gasteiger partial charge in [-0.05, 0) is 67.6 Å². The van der Waals surface area contributed by atoms with E-state index in [1.54, 1.807) is 34.9 Å². The zero-order valence-corrected chi connectivity index (χ0v) is 53.2. The molecule has 0 unspecified atom stereocenters. The molecule has 0 saturated carbocycles. The molecule has 3 saturated heterocycles. The molecule has 0 radical (unpaired) electrons. The Hall–Kier alpha value is -12.7. The number of rotatable bonds is 12. The van der Waals surface area contributed by atoms with Crippen molar-refractivity contribution in [3.63, 3.8) is 0 Å². The van der Waals surface area contributed by atoms with Gasteiger partial charge in [0, 0.05) is 115 Å². The molecule has 0 bridgehead atoms. The van der Waals surface area contributed by atoms with Gasteiger partial charge in [0.2, 0.25) is 5.95 Å². The molecule has 9 aromatic rings. The van der Waals surface area contributed by atoms with Gasteiger partial charge in [0.15, 0.2) is 22.9 Å². The van der Waals surface area contributed by atoms with E-state index in [1.807, 2.05) is 4.90 Å². The SMILES string of the molecule is Cc1cc(-c2cnnc(C(=O)Nc3ncccn3)c2N2CCN(C(=O)c3ccccc3C(F)(F)F)CC2)nn1C(N)=O.O=C(Nc1cnccn1)c1nnccc1N1CCN(C(=O)c2ccccc2C(F)(F)F)CC1.O=C(O)c1nnccc1N1CCN(C(=O)c2ccccc2C(F)(F)F)CC1. The van der Waals surface area contributed by atoms with Gasteiger partial charge in [0.1, 0.15) is 0 Å². The van der Waals surface area contributed by atoms with Crippen molar-refractivity contribution < 1.29 is 78.2 Å². The number of nitrogens with zero attached hydrogens (tertiary/aromatic N) is 18. The lowest BCUT2D eigenvalue weighted by Crippen LogP contribution is -2.49. The highest BCUT2D eigenvalue weighted by Crippen LogP contribution is 2.38. The van der Waals surface area contributed by atoms with Crippen LogP contribution in [0.3, 0.4) is 0 Å². The number of hydrogen-bond donors (Lipinski definition) is 4. The Morgan fingerprint density at radius 1 is 0.471 bits per heavy atom. The quantitative estimate of drug-likeness (QED) is 0.0874. The molecule has 3 fully saturated rings. The Labute approximate surface area is 570 Å². The number of benzene rings is 3. The number of carboxylic acid groups (broad SMARTS) is 1. The predicted molar refractivity (Wildman–Crippen MR) is 343 cm³/mol. The topological polar surface area (TPSA) is 356 Å². The van der Waals surface area contributed by atoms with Gasteiger partial charge in [-0.25, -0.2) is 24.5 Å². The van der Waals surface area contributed by atoms with E-state index in [0.29, 0.717) is 35.7 Å². The summed E-state index contributed by atoms with van der Waals surface area (Å²) in [5, 5.41) is 41.5. The number of nitrogens with two attached hydrogens (primary N) is 1. The summed E-state index contributed by atoms with van der Waals surface area (Å²) in [5.41, 5.74) is 3.19. The minimum Gasteiger partial charge on any atom is -0.476 e. The predicted octanol–water partition coefficient (Wildman–Crippen LogP) is 7.25. The Kier molecular flexibility index (Phi) is 21.9. The number of aryl methyl sites for hydroxylation is 1. The van der Waals surface area contributed by atoms with Crippen LogP contribution in [0, 0.1) is 6.92 Å². The molecule has 102 heavy (non-hydrogen) atoms. The first kappa shape index (κ1) is 72.1. The molecular weight excluding hydrogens is 1360 g/mol. The Balaban J connectivity index is 0.000000169. The minimum atomic E-state index is -4.69. The van der Waals surface area contributed by atoms with E-state index in [0.717, 1.165) is 35.0 Å². The smallest absolute Gasteiger partial charge is 0.417 e. The van der Waals surface area contributed by atoms with E-state index < -0.39 is 87.9 Å². The van der Waals surface area contributed by atoms with Crippen molar-refractivity contribution in [2.75, 3.05) is 104 Å². The lowest BCUT2D eigenvalue weighted by atomic mass is 10.0. The van der Waals surface area contributed by atoms with Crippen LogP contribution in [0.25, 0.3) is 11.3 Å². The van der Waals surface area contributed by atoms with E-state index in [9.17, 15) is 78.2 Å². The first-order valence-corrected chi connectivity index (χ1v) is 30.5. The fourth-order valence-electron chi connectivity index (χ4n) is 11.1. The zero-order valence-electron chi connectivity index (χ0n) is 53.2. The Morgan fingerprint density at radius 2 is 0.902 bits per heavy atom. The lowest BCUT2D eigenvalue weighted by molar-refractivity contribution is -0.138. The standard InChI is InChI=1S/C26H23F3N10O3.C21H18F3N7O2.C17H15F3N4O3/c1-15-13-19(36-39(15)24(30)42)17-14-33-35-20(22(40)34-25-31-7-4-8-32-25)21(17)37-9-11-38(12-10-37)23(41)16-5-2-3-6-18(16)26(27,28)29;22-21(23,24)15-4-2-1-3-14(15)20(33)31-11-9-30(10-12-31)16-5-6-27-29-18(16)19(32)28-17-13-25-7-8-26-17;18-17(19,20)12-4-2-1-3-11(12)15(25)24-9-7-23(8-10-24)13-5-6-21-22-14(13)16(26)27/h2-8,13-14H,9-12H2,1H3,(H2,30,42)(H,31,32,34,40);1-8,13H,9-12H2,(H,26,28,32);1-6H,7-10H2,(H,26,27). The summed E-state index contributed by atoms with van der Waals surface area (Å²) in [6.45, 7) is 3.81. The largest absolute Gasteiger partial charge is 0.476 e. The van der Waals surface area contributed by atoms with Crippen molar-refractivity contribution in [1.29, 1.82) is 0 Å². The van der Waals surface area contributed by atoms with Crippen LogP contribution in [-0.4, -0.2) is 200 Å². The number of piperazine rings is 3. The van der Waals surface area contributed by atoms with Gasteiger partial charge in [-0.1, -0.05) is 36.4 Å². The van der Waals surface area contributed by atoms with E-state index >= 15 is 0 Å². The zero-order chi connectivity index (χ0) is 73.0. The number of halogens is 9. The van der Waals surface area contributed by atoms with Gasteiger partial charge >= 0.3 is 30.5 Å². The number of alkyl halides is 9. The highest BCUT2D eigenvalue weighted by Gasteiger charge is 2.40. The second-order valence-electron chi connectivity index (χ2n) is 22.3. The van der Waals surface area contributed by atoms with Crippen molar-refractivity contribution in [2.24, 2.45) is 5.73 Å². The Morgan fingerprint density at radius 3 is 1.33 bits per heavy atom. The molecule has 3 aliphatic rings. The third-order valence-electron chi connectivity index (χ3n) is 15.9. The number of hydrogen-bond acceptors (Lipinski definition) is 21. The molecule has 0 aliphatic carbocycles. The van der Waals surface area contributed by atoms with Crippen molar-refractivity contribution in [3.05, 3.63) is 203 Å². The summed E-state index contributed by atoms with van der Waals surface area (Å²) in [7, 11) is 0. The molecule has 12 rings (SSSR count). The fourth-order valence-corrected chi connectivity index (χ4v) is 11.1. The number of nitrogens with one attached hydrogen (secondary N) is 2. The van der Waals surface area contributed by atoms with Gasteiger partial charge < -0.3 is 45.6 Å². The van der Waals surface area contributed by atoms with Crippen molar-refractivity contribution in [1.82, 2.24) is 75.0 Å². The maximum absolute atomic E-state index is 13.5. The third-order valence-corrected chi connectivity index (χ3v) is 15.9. The van der Waals surface area contributed by atoms with Crippen molar-refractivity contribution >= 4 is 70.4 Å². The number of amides is 6. The molecule has 6 aromatic heterocycles. The second-order valence-corrected chi connectivity index (χ2v) is 22.3. The number of carbonyl (C=O) groups excluding carboxylic acids is 6. The lowest BCUT2D eigenvalue weighted by Gasteiger charge is -2.37. The summed E-state index contributed by atoms with van der Waals surface area (Å²) in [5.74, 6) is -4.32. The van der Waals surface area contributed by atoms with Gasteiger partial charge in [-0.15, -0.1) is 15.3 Å². The van der Waals surface area contributed by atoms with Crippen molar-refractivity contribution in [3.8, 4) is 11.3 Å². The van der Waals surface area contributed by atoms with Gasteiger partial charge in [-0.3, -0.25) is 34.3 Å². The van der Waals surface area contributed by atoms with E-state index in [2.05, 4.69) is 66.3 Å². The minimum absolute atomic E-state index is 0.0215. The van der Waals surface area contributed by atoms with Gasteiger partial charge in [0.25, 0.3) is 29.5 Å². The first-order valence-electron chi connectivity index (χ1n) is 30.5. The van der Waals surface area contributed by atoms with Crippen LogP contribution in [0.2, 0.25) is 0 Å². The molecule has 6 amide bonds. The molecule has 38 heteroatoms. The van der Waals surface area contributed by atoms with Gasteiger partial charge in [-0.2, -0.15) is 64.6 Å². The molecule has 9 heterocycles. The summed E-state index contributed by atoms with van der Waals surface area (Å²) in [6.07, 6.45) is -2.59. The molecule has 528 valence electrons. The average Bonchev–Trinajstić information content (AvgIpc) is 1.47. The summed E-state index contributed by atoms with van der Waals surface area (Å²) >= 11 is 0. The molecular formula is C64H56F9N21O8. The number of anilines is 5. The third kappa shape index (κ3) is 16.9. The summed E-state index contributed by atoms with van der Waals surface area (Å²) in [4.78, 5) is 113. The molecule has 0 atom stereocenters. The highest BCUT2D eigenvalue weighted by molar-refractivity contribution is 6.08. The van der Waals surface area contributed by atoms with Crippen LogP contribution in [0.15, 0.2) is 147 Å². The van der Waals surface area contributed by atoms with E-state index in [4.69, 9.17) is 5.73 Å². The van der Waals surface area contributed by atoms with Crippen LogP contribution >= 0.6 is 0 Å². The Bertz CT molecular complexity index is 4550. The van der Waals surface area contributed by atoms with Crippen LogP contribution < -0.4 is 31.1 Å². The fraction of sp³-hybridized carbons (Fsp3) is 0.250. The number of aromatic nitrogens is 12. The number of carbonyl (C=O) groups is 7. The van der Waals surface area contributed by atoms with Gasteiger partial charge in [0.05, 0.1) is 80.9 Å². The molecule has 3 aromatic carbocycles. The maximum atomic E-state index is 13.5. The number of primary amides is 1. The second kappa shape index (κ2) is 31.0.